The molecule has 11 aromatic rings. The third-order valence-electron chi connectivity index (χ3n) is 12.3. The highest BCUT2D eigenvalue weighted by Gasteiger charge is 2.19. The molecule has 0 N–H and O–H groups in total. The van der Waals surface area contributed by atoms with Gasteiger partial charge in [-0.15, -0.1) is 0 Å². The third-order valence-corrected chi connectivity index (χ3v) is 12.3. The van der Waals surface area contributed by atoms with Crippen molar-refractivity contribution in [2.24, 2.45) is 0 Å². The van der Waals surface area contributed by atoms with Crippen LogP contribution in [0.5, 0.6) is 0 Å². The Balaban J connectivity index is 1.09. The molecule has 0 amide bonds. The molecule has 11 aromatic carbocycles. The zero-order valence-electron chi connectivity index (χ0n) is 34.2. The molecule has 0 heterocycles. The first-order chi connectivity index (χ1) is 30.7. The van der Waals surface area contributed by atoms with E-state index in [1.165, 1.54) is 110 Å². The molecule has 0 heteroatoms. The highest BCUT2D eigenvalue weighted by atomic mass is 14.2. The van der Waals surface area contributed by atoms with Crippen LogP contribution in [-0.4, -0.2) is 0 Å². The Labute approximate surface area is 363 Å². The molecule has 0 bridgehead atoms. The van der Waals surface area contributed by atoms with Gasteiger partial charge in [0.15, 0.2) is 0 Å². The summed E-state index contributed by atoms with van der Waals surface area (Å²) < 4.78 is 0. The normalized spacial score (nSPS) is 11.5. The van der Waals surface area contributed by atoms with Gasteiger partial charge in [-0.2, -0.15) is 0 Å². The van der Waals surface area contributed by atoms with Gasteiger partial charge in [0, 0.05) is 0 Å². The lowest BCUT2D eigenvalue weighted by molar-refractivity contribution is 1.60. The van der Waals surface area contributed by atoms with Crippen molar-refractivity contribution < 1.29 is 0 Å². The zero-order chi connectivity index (χ0) is 41.2. The summed E-state index contributed by atoms with van der Waals surface area (Å²) in [6.07, 6.45) is 4.38. The molecule has 0 aromatic heterocycles. The number of rotatable bonds is 8. The van der Waals surface area contributed by atoms with Gasteiger partial charge in [-0.1, -0.05) is 243 Å². The molecule has 0 atom stereocenters. The van der Waals surface area contributed by atoms with Crippen LogP contribution < -0.4 is 0 Å². The van der Waals surface area contributed by atoms with Crippen LogP contribution in [0.15, 0.2) is 243 Å². The average Bonchev–Trinajstić information content (AvgIpc) is 3.35. The second-order valence-corrected chi connectivity index (χ2v) is 16.0. The van der Waals surface area contributed by atoms with Gasteiger partial charge in [-0.3, -0.25) is 0 Å². The highest BCUT2D eigenvalue weighted by Crippen LogP contribution is 2.46. The number of benzene rings is 11. The molecular weight excluding hydrogens is 745 g/mol. The lowest BCUT2D eigenvalue weighted by Crippen LogP contribution is -1.93. The van der Waals surface area contributed by atoms with E-state index in [-0.39, 0.29) is 0 Å². The lowest BCUT2D eigenvalue weighted by Gasteiger charge is -2.20. The van der Waals surface area contributed by atoms with Crippen molar-refractivity contribution >= 4 is 44.5 Å². The first kappa shape index (κ1) is 37.0. The van der Waals surface area contributed by atoms with E-state index in [9.17, 15) is 0 Å². The molecule has 0 fully saturated rings. The number of fused-ring (bicyclic) bond motifs is 3. The molecule has 0 nitrogen and oxygen atoms in total. The average molecular weight is 787 g/mol. The Bertz CT molecular complexity index is 3400. The summed E-state index contributed by atoms with van der Waals surface area (Å²) in [7, 11) is 0. The smallest absolute Gasteiger partial charge is 0.00261 e. The topological polar surface area (TPSA) is 0 Å². The summed E-state index contributed by atoms with van der Waals surface area (Å²) in [5.41, 5.74) is 17.0. The number of hydrogen-bond donors (Lipinski definition) is 0. The van der Waals surface area contributed by atoms with E-state index >= 15 is 0 Å². The minimum absolute atomic E-state index is 1.18. The second-order valence-electron chi connectivity index (χ2n) is 16.0. The van der Waals surface area contributed by atoms with E-state index < -0.39 is 0 Å². The van der Waals surface area contributed by atoms with E-state index in [4.69, 9.17) is 0 Å². The van der Waals surface area contributed by atoms with Crippen LogP contribution in [-0.2, 0) is 0 Å². The van der Waals surface area contributed by atoms with Gasteiger partial charge in [0.25, 0.3) is 0 Å². The van der Waals surface area contributed by atoms with E-state index in [0.29, 0.717) is 0 Å². The van der Waals surface area contributed by atoms with Crippen molar-refractivity contribution in [1.29, 1.82) is 0 Å². The fraction of sp³-hybridized carbons (Fsp3) is 0. The molecule has 62 heavy (non-hydrogen) atoms. The molecule has 0 aliphatic rings. The lowest BCUT2D eigenvalue weighted by atomic mass is 9.84. The fourth-order valence-corrected chi connectivity index (χ4v) is 9.26. The van der Waals surface area contributed by atoms with Crippen molar-refractivity contribution in [2.45, 2.75) is 0 Å². The Morgan fingerprint density at radius 3 is 1.10 bits per heavy atom. The van der Waals surface area contributed by atoms with Crippen molar-refractivity contribution in [3.63, 3.8) is 0 Å². The quantitative estimate of drug-likeness (QED) is 0.106. The Kier molecular flexibility index (Phi) is 9.65. The maximum absolute atomic E-state index is 2.44. The fourth-order valence-electron chi connectivity index (χ4n) is 9.26. The van der Waals surface area contributed by atoms with Crippen molar-refractivity contribution in [3.05, 3.63) is 254 Å². The maximum Gasteiger partial charge on any atom is -0.00261 e. The highest BCUT2D eigenvalue weighted by molar-refractivity contribution is 6.22. The predicted octanol–water partition coefficient (Wildman–Crippen LogP) is 17.3. The summed E-state index contributed by atoms with van der Waals surface area (Å²) in [6.45, 7) is 0. The van der Waals surface area contributed by atoms with Crippen LogP contribution in [0, 0.1) is 0 Å². The van der Waals surface area contributed by atoms with Gasteiger partial charge in [0.05, 0.1) is 0 Å². The summed E-state index contributed by atoms with van der Waals surface area (Å²) in [4.78, 5) is 0. The minimum Gasteiger partial charge on any atom is -0.0622 e. The van der Waals surface area contributed by atoms with Crippen molar-refractivity contribution in [1.82, 2.24) is 0 Å². The maximum atomic E-state index is 2.44. The van der Waals surface area contributed by atoms with Gasteiger partial charge in [-0.05, 0) is 122 Å². The molecule has 0 spiro atoms. The molecule has 290 valence electrons. The molecule has 0 saturated carbocycles. The van der Waals surface area contributed by atoms with E-state index in [1.807, 2.05) is 0 Å². The SMILES string of the molecule is C(=C\c1cccc(-c2ccc(-c3ccc4c(-c5ccc(-c6ccccc6)cc5)c5ccccc5c(-c5ccc(-c6ccccc6)cc5)c4c3)c3ccccc23)c1)/c1ccccc1. The number of hydrogen-bond acceptors (Lipinski definition) is 0. The van der Waals surface area contributed by atoms with Crippen LogP contribution in [0.3, 0.4) is 0 Å². The van der Waals surface area contributed by atoms with Gasteiger partial charge < -0.3 is 0 Å². The Morgan fingerprint density at radius 1 is 0.194 bits per heavy atom. The summed E-state index contributed by atoms with van der Waals surface area (Å²) >= 11 is 0. The Morgan fingerprint density at radius 2 is 0.548 bits per heavy atom. The predicted molar refractivity (Wildman–Crippen MR) is 267 cm³/mol. The Hall–Kier alpha value is -8.06. The van der Waals surface area contributed by atoms with Crippen LogP contribution in [0.25, 0.3) is 111 Å². The van der Waals surface area contributed by atoms with Gasteiger partial charge in [0.1, 0.15) is 0 Å². The zero-order valence-corrected chi connectivity index (χ0v) is 34.2. The third kappa shape index (κ3) is 6.98. The van der Waals surface area contributed by atoms with E-state index in [0.717, 1.165) is 0 Å². The monoisotopic (exact) mass is 786 g/mol. The van der Waals surface area contributed by atoms with Gasteiger partial charge >= 0.3 is 0 Å². The van der Waals surface area contributed by atoms with Crippen LogP contribution in [0.4, 0.5) is 0 Å². The van der Waals surface area contributed by atoms with Gasteiger partial charge in [0.2, 0.25) is 0 Å². The van der Waals surface area contributed by atoms with E-state index in [1.54, 1.807) is 0 Å². The largest absolute Gasteiger partial charge is 0.0622 e. The summed E-state index contributed by atoms with van der Waals surface area (Å²) in [5.74, 6) is 0. The van der Waals surface area contributed by atoms with E-state index in [2.05, 4.69) is 255 Å². The molecule has 0 radical (unpaired) electrons. The van der Waals surface area contributed by atoms with Crippen LogP contribution in [0.1, 0.15) is 11.1 Å². The molecule has 0 saturated heterocycles. The second kappa shape index (κ2) is 16.2. The standard InChI is InChI=1S/C62H42/c1-4-15-43(16-5-1)27-28-44-17-14-22-51(41-44)53-39-40-54(56-24-11-10-23-55(53)56)52-37-38-59-60(42-52)62(50-35-31-48(32-36-50)46-20-8-3-9-21-46)58-26-13-12-25-57(58)61(59)49-33-29-47(30-34-49)45-18-6-2-7-19-45/h1-42H/b28-27+. The summed E-state index contributed by atoms with van der Waals surface area (Å²) in [6, 6.07) is 88.5. The molecule has 0 unspecified atom stereocenters. The molecule has 11 rings (SSSR count). The van der Waals surface area contributed by atoms with Crippen molar-refractivity contribution in [2.75, 3.05) is 0 Å². The molecule has 0 aliphatic carbocycles. The minimum atomic E-state index is 1.18. The van der Waals surface area contributed by atoms with Crippen molar-refractivity contribution in [3.8, 4) is 66.8 Å². The summed E-state index contributed by atoms with van der Waals surface area (Å²) in [5, 5.41) is 7.45. The van der Waals surface area contributed by atoms with Gasteiger partial charge in [-0.25, -0.2) is 0 Å². The molecular formula is C62H42. The molecule has 0 aliphatic heterocycles. The first-order valence-corrected chi connectivity index (χ1v) is 21.4. The van der Waals surface area contributed by atoms with Crippen LogP contribution >= 0.6 is 0 Å². The van der Waals surface area contributed by atoms with Crippen LogP contribution in [0.2, 0.25) is 0 Å². The first-order valence-electron chi connectivity index (χ1n) is 21.4.